The second-order valence-corrected chi connectivity index (χ2v) is 2.46. The molecule has 0 aromatic carbocycles. The Kier molecular flexibility index (Phi) is 2.06. The first kappa shape index (κ1) is 7.28. The summed E-state index contributed by atoms with van der Waals surface area (Å²) in [7, 11) is 0. The van der Waals surface area contributed by atoms with Gasteiger partial charge in [-0.15, -0.1) is 6.58 Å². The first-order valence-corrected chi connectivity index (χ1v) is 3.34. The van der Waals surface area contributed by atoms with E-state index in [4.69, 9.17) is 5.11 Å². The largest absolute Gasteiger partial charge is 0.480 e. The van der Waals surface area contributed by atoms with Gasteiger partial charge in [-0.25, -0.2) is 0 Å². The van der Waals surface area contributed by atoms with Crippen molar-refractivity contribution in [3.8, 4) is 0 Å². The molecule has 1 aliphatic heterocycles. The van der Waals surface area contributed by atoms with Gasteiger partial charge in [0.25, 0.3) is 0 Å². The average Bonchev–Trinajstić information content (AvgIpc) is 2.33. The van der Waals surface area contributed by atoms with E-state index >= 15 is 0 Å². The zero-order valence-corrected chi connectivity index (χ0v) is 5.71. The van der Waals surface area contributed by atoms with Crippen LogP contribution in [0.15, 0.2) is 12.7 Å². The van der Waals surface area contributed by atoms with E-state index in [1.165, 1.54) is 0 Å². The Morgan fingerprint density at radius 2 is 2.50 bits per heavy atom. The van der Waals surface area contributed by atoms with Crippen LogP contribution in [0.4, 0.5) is 0 Å². The molecule has 1 rings (SSSR count). The van der Waals surface area contributed by atoms with E-state index in [9.17, 15) is 4.79 Å². The lowest BCUT2D eigenvalue weighted by molar-refractivity contribution is -0.139. The molecule has 0 aromatic rings. The molecule has 56 valence electrons. The van der Waals surface area contributed by atoms with Crippen molar-refractivity contribution in [3.05, 3.63) is 12.7 Å². The van der Waals surface area contributed by atoms with Gasteiger partial charge in [0.15, 0.2) is 0 Å². The van der Waals surface area contributed by atoms with Gasteiger partial charge in [0.2, 0.25) is 0 Å². The fourth-order valence-electron chi connectivity index (χ4n) is 1.25. The third-order valence-electron chi connectivity index (χ3n) is 1.84. The molecule has 10 heavy (non-hydrogen) atoms. The first-order valence-electron chi connectivity index (χ1n) is 3.34. The summed E-state index contributed by atoms with van der Waals surface area (Å²) in [5, 5.41) is 11.5. The van der Waals surface area contributed by atoms with Crippen LogP contribution in [0.2, 0.25) is 0 Å². The summed E-state index contributed by atoms with van der Waals surface area (Å²) in [6, 6.07) is -0.405. The molecular weight excluding hydrogens is 130 g/mol. The lowest BCUT2D eigenvalue weighted by atomic mass is 10.0. The Bertz CT molecular complexity index is 156. The van der Waals surface area contributed by atoms with E-state index in [-0.39, 0.29) is 5.92 Å². The fourth-order valence-corrected chi connectivity index (χ4v) is 1.25. The summed E-state index contributed by atoms with van der Waals surface area (Å²) in [4.78, 5) is 10.5. The molecule has 1 fully saturated rings. The quantitative estimate of drug-likeness (QED) is 0.541. The number of hydrogen-bond acceptors (Lipinski definition) is 2. The number of carboxylic acids is 1. The van der Waals surface area contributed by atoms with E-state index < -0.39 is 12.0 Å². The molecule has 2 atom stereocenters. The van der Waals surface area contributed by atoms with Gasteiger partial charge in [0.05, 0.1) is 0 Å². The SMILES string of the molecule is C=C[C@H]1CCN[C@@H]1C(=O)O. The number of hydrogen-bond donors (Lipinski definition) is 2. The van der Waals surface area contributed by atoms with Gasteiger partial charge in [-0.1, -0.05) is 6.08 Å². The second-order valence-electron chi connectivity index (χ2n) is 2.46. The molecule has 0 spiro atoms. The van der Waals surface area contributed by atoms with Gasteiger partial charge in [-0.3, -0.25) is 4.79 Å². The van der Waals surface area contributed by atoms with E-state index in [2.05, 4.69) is 11.9 Å². The van der Waals surface area contributed by atoms with Crippen LogP contribution in [-0.4, -0.2) is 23.7 Å². The topological polar surface area (TPSA) is 49.3 Å². The van der Waals surface area contributed by atoms with Crippen molar-refractivity contribution in [3.63, 3.8) is 0 Å². The molecule has 0 unspecified atom stereocenters. The summed E-state index contributed by atoms with van der Waals surface area (Å²) >= 11 is 0. The van der Waals surface area contributed by atoms with Crippen LogP contribution in [0.5, 0.6) is 0 Å². The Morgan fingerprint density at radius 1 is 1.80 bits per heavy atom. The van der Waals surface area contributed by atoms with E-state index in [0.717, 1.165) is 13.0 Å². The van der Waals surface area contributed by atoms with Gasteiger partial charge >= 0.3 is 5.97 Å². The number of carboxylic acid groups (broad SMARTS) is 1. The van der Waals surface area contributed by atoms with Crippen LogP contribution < -0.4 is 5.32 Å². The molecule has 2 N–H and O–H groups in total. The van der Waals surface area contributed by atoms with Crippen molar-refractivity contribution in [2.45, 2.75) is 12.5 Å². The van der Waals surface area contributed by atoms with Crippen LogP contribution in [0, 0.1) is 5.92 Å². The second kappa shape index (κ2) is 2.84. The lowest BCUT2D eigenvalue weighted by Crippen LogP contribution is -2.34. The van der Waals surface area contributed by atoms with Gasteiger partial charge < -0.3 is 10.4 Å². The third kappa shape index (κ3) is 1.19. The smallest absolute Gasteiger partial charge is 0.321 e. The lowest BCUT2D eigenvalue weighted by Gasteiger charge is -2.09. The van der Waals surface area contributed by atoms with Gasteiger partial charge in [-0.05, 0) is 13.0 Å². The van der Waals surface area contributed by atoms with Crippen molar-refractivity contribution in [2.75, 3.05) is 6.54 Å². The van der Waals surface area contributed by atoms with Gasteiger partial charge in [-0.2, -0.15) is 0 Å². The molecule has 3 heteroatoms. The molecule has 0 aliphatic carbocycles. The summed E-state index contributed by atoms with van der Waals surface area (Å²) in [6.07, 6.45) is 2.60. The van der Waals surface area contributed by atoms with Crippen LogP contribution >= 0.6 is 0 Å². The number of aliphatic carboxylic acids is 1. The summed E-state index contributed by atoms with van der Waals surface area (Å²) in [5.74, 6) is -0.667. The summed E-state index contributed by atoms with van der Waals surface area (Å²) in [6.45, 7) is 4.36. The highest BCUT2D eigenvalue weighted by Gasteiger charge is 2.29. The minimum absolute atomic E-state index is 0.109. The van der Waals surface area contributed by atoms with Crippen LogP contribution in [-0.2, 0) is 4.79 Å². The van der Waals surface area contributed by atoms with Crippen LogP contribution in [0.1, 0.15) is 6.42 Å². The molecule has 1 saturated heterocycles. The van der Waals surface area contributed by atoms with Gasteiger partial charge in [0, 0.05) is 5.92 Å². The molecule has 0 radical (unpaired) electrons. The average molecular weight is 141 g/mol. The third-order valence-corrected chi connectivity index (χ3v) is 1.84. The summed E-state index contributed by atoms with van der Waals surface area (Å²) < 4.78 is 0. The Balaban J connectivity index is 2.58. The number of carbonyl (C=O) groups is 1. The highest BCUT2D eigenvalue weighted by atomic mass is 16.4. The zero-order valence-electron chi connectivity index (χ0n) is 5.71. The van der Waals surface area contributed by atoms with Crippen molar-refractivity contribution < 1.29 is 9.90 Å². The molecular formula is C7H11NO2. The molecule has 0 bridgehead atoms. The molecule has 1 heterocycles. The molecule has 0 saturated carbocycles. The monoisotopic (exact) mass is 141 g/mol. The van der Waals surface area contributed by atoms with Crippen LogP contribution in [0.3, 0.4) is 0 Å². The van der Waals surface area contributed by atoms with Crippen molar-refractivity contribution in [1.82, 2.24) is 5.32 Å². The zero-order chi connectivity index (χ0) is 7.56. The molecule has 0 aromatic heterocycles. The minimum Gasteiger partial charge on any atom is -0.480 e. The summed E-state index contributed by atoms with van der Waals surface area (Å²) in [5.41, 5.74) is 0. The van der Waals surface area contributed by atoms with Crippen molar-refractivity contribution in [2.24, 2.45) is 5.92 Å². The maximum atomic E-state index is 10.5. The van der Waals surface area contributed by atoms with Crippen LogP contribution in [0.25, 0.3) is 0 Å². The van der Waals surface area contributed by atoms with E-state index in [1.54, 1.807) is 6.08 Å². The van der Waals surface area contributed by atoms with Gasteiger partial charge in [0.1, 0.15) is 6.04 Å². The predicted octanol–water partition coefficient (Wildman–Crippen LogP) is 0.235. The standard InChI is InChI=1S/C7H11NO2/c1-2-5-3-4-8-6(5)7(9)10/h2,5-6,8H,1,3-4H2,(H,9,10)/t5-,6-/m0/s1. The Labute approximate surface area is 59.7 Å². The van der Waals surface area contributed by atoms with E-state index in [0.29, 0.717) is 0 Å². The number of nitrogens with one attached hydrogen (secondary N) is 1. The number of rotatable bonds is 2. The molecule has 3 nitrogen and oxygen atoms in total. The highest BCUT2D eigenvalue weighted by Crippen LogP contribution is 2.15. The predicted molar refractivity (Wildman–Crippen MR) is 37.7 cm³/mol. The van der Waals surface area contributed by atoms with Crippen molar-refractivity contribution in [1.29, 1.82) is 0 Å². The highest BCUT2D eigenvalue weighted by molar-refractivity contribution is 5.74. The maximum absolute atomic E-state index is 10.5. The minimum atomic E-state index is -0.776. The Hall–Kier alpha value is -0.830. The first-order chi connectivity index (χ1) is 4.75. The van der Waals surface area contributed by atoms with E-state index in [1.807, 2.05) is 0 Å². The Morgan fingerprint density at radius 3 is 2.90 bits per heavy atom. The molecule has 0 amide bonds. The normalized spacial score (nSPS) is 32.0. The fraction of sp³-hybridized carbons (Fsp3) is 0.571. The molecule has 1 aliphatic rings. The maximum Gasteiger partial charge on any atom is 0.321 e. The van der Waals surface area contributed by atoms with Crippen molar-refractivity contribution >= 4 is 5.97 Å².